The Morgan fingerprint density at radius 3 is 2.52 bits per heavy atom. The zero-order chi connectivity index (χ0) is 19.4. The van der Waals surface area contributed by atoms with Crippen LogP contribution in [0, 0.1) is 6.92 Å². The molecule has 0 radical (unpaired) electrons. The molecule has 2 aromatic carbocycles. The van der Waals surface area contributed by atoms with Crippen molar-refractivity contribution in [3.63, 3.8) is 0 Å². The highest BCUT2D eigenvalue weighted by molar-refractivity contribution is 7.89. The molecular formula is C20H24N2O4S. The van der Waals surface area contributed by atoms with Crippen LogP contribution in [0.1, 0.15) is 34.3 Å². The van der Waals surface area contributed by atoms with Crippen LogP contribution in [-0.4, -0.2) is 38.8 Å². The number of sulfonamides is 1. The highest BCUT2D eigenvalue weighted by Crippen LogP contribution is 2.29. The molecule has 1 fully saturated rings. The van der Waals surface area contributed by atoms with E-state index in [1.54, 1.807) is 6.07 Å². The van der Waals surface area contributed by atoms with Gasteiger partial charge in [0.25, 0.3) is 5.91 Å². The van der Waals surface area contributed by atoms with Gasteiger partial charge in [0, 0.05) is 25.2 Å². The highest BCUT2D eigenvalue weighted by atomic mass is 32.2. The van der Waals surface area contributed by atoms with Gasteiger partial charge in [0.2, 0.25) is 10.0 Å². The van der Waals surface area contributed by atoms with Gasteiger partial charge >= 0.3 is 0 Å². The number of methoxy groups -OCH3 is 1. The Hall–Kier alpha value is -2.38. The first-order chi connectivity index (χ1) is 12.9. The van der Waals surface area contributed by atoms with Crippen LogP contribution in [0.2, 0.25) is 0 Å². The largest absolute Gasteiger partial charge is 0.495 e. The van der Waals surface area contributed by atoms with E-state index in [0.717, 1.165) is 24.0 Å². The molecule has 7 heteroatoms. The Labute approximate surface area is 160 Å². The average Bonchev–Trinajstić information content (AvgIpc) is 3.22. The van der Waals surface area contributed by atoms with Crippen molar-refractivity contribution in [2.24, 2.45) is 0 Å². The lowest BCUT2D eigenvalue weighted by molar-refractivity contribution is 0.0950. The van der Waals surface area contributed by atoms with Crippen LogP contribution in [0.25, 0.3) is 0 Å². The molecule has 1 aliphatic rings. The molecule has 3 rings (SSSR count). The van der Waals surface area contributed by atoms with Crippen LogP contribution in [0.15, 0.2) is 47.4 Å². The summed E-state index contributed by atoms with van der Waals surface area (Å²) in [6.07, 6.45) is 1.69. The number of carbonyl (C=O) groups is 1. The van der Waals surface area contributed by atoms with Crippen molar-refractivity contribution in [2.45, 2.75) is 31.2 Å². The second-order valence-electron chi connectivity index (χ2n) is 6.59. The Kier molecular flexibility index (Phi) is 5.82. The van der Waals surface area contributed by atoms with Gasteiger partial charge < -0.3 is 10.1 Å². The number of carbonyl (C=O) groups excluding carboxylic acids is 1. The Morgan fingerprint density at radius 2 is 1.85 bits per heavy atom. The van der Waals surface area contributed by atoms with Crippen LogP contribution >= 0.6 is 0 Å². The maximum Gasteiger partial charge on any atom is 0.251 e. The number of rotatable bonds is 6. The van der Waals surface area contributed by atoms with E-state index in [0.29, 0.717) is 25.2 Å². The van der Waals surface area contributed by atoms with Gasteiger partial charge in [0.05, 0.1) is 7.11 Å². The number of ether oxygens (including phenoxy) is 1. The molecule has 0 spiro atoms. The maximum atomic E-state index is 12.9. The first kappa shape index (κ1) is 19.4. The van der Waals surface area contributed by atoms with Crippen molar-refractivity contribution in [2.75, 3.05) is 20.2 Å². The van der Waals surface area contributed by atoms with E-state index in [4.69, 9.17) is 4.74 Å². The number of hydrogen-bond donors (Lipinski definition) is 1. The van der Waals surface area contributed by atoms with Crippen molar-refractivity contribution in [3.8, 4) is 5.75 Å². The van der Waals surface area contributed by atoms with Gasteiger partial charge in [-0.25, -0.2) is 8.42 Å². The molecule has 0 atom stereocenters. The molecule has 1 amide bonds. The quantitative estimate of drug-likeness (QED) is 0.826. The third kappa shape index (κ3) is 4.14. The number of hydrogen-bond acceptors (Lipinski definition) is 4. The second kappa shape index (κ2) is 8.10. The molecule has 6 nitrogen and oxygen atoms in total. The van der Waals surface area contributed by atoms with E-state index in [1.807, 2.05) is 31.2 Å². The van der Waals surface area contributed by atoms with Crippen molar-refractivity contribution in [1.29, 1.82) is 0 Å². The molecule has 0 aliphatic carbocycles. The van der Waals surface area contributed by atoms with Crippen LogP contribution in [0.5, 0.6) is 5.75 Å². The summed E-state index contributed by atoms with van der Waals surface area (Å²) in [5.74, 6) is -0.0730. The number of benzene rings is 2. The first-order valence-corrected chi connectivity index (χ1v) is 10.4. The monoisotopic (exact) mass is 388 g/mol. The zero-order valence-electron chi connectivity index (χ0n) is 15.6. The molecule has 1 heterocycles. The van der Waals surface area contributed by atoms with Crippen molar-refractivity contribution < 1.29 is 17.9 Å². The predicted molar refractivity (Wildman–Crippen MR) is 103 cm³/mol. The summed E-state index contributed by atoms with van der Waals surface area (Å²) < 4.78 is 32.5. The van der Waals surface area contributed by atoms with Gasteiger partial charge in [0.15, 0.2) is 0 Å². The predicted octanol–water partition coefficient (Wildman–Crippen LogP) is 2.72. The molecule has 1 aliphatic heterocycles. The minimum atomic E-state index is -3.68. The van der Waals surface area contributed by atoms with Gasteiger partial charge in [-0.3, -0.25) is 4.79 Å². The third-order valence-corrected chi connectivity index (χ3v) is 6.73. The first-order valence-electron chi connectivity index (χ1n) is 8.94. The lowest BCUT2D eigenvalue weighted by atomic mass is 10.1. The number of nitrogens with zero attached hydrogens (tertiary/aromatic N) is 1. The molecule has 0 unspecified atom stereocenters. The summed E-state index contributed by atoms with van der Waals surface area (Å²) >= 11 is 0. The SMILES string of the molecule is COc1ccc(C(=O)NCc2ccccc2C)cc1S(=O)(=O)N1CCCC1. The zero-order valence-corrected chi connectivity index (χ0v) is 16.4. The number of nitrogens with one attached hydrogen (secondary N) is 1. The normalized spacial score (nSPS) is 14.9. The van der Waals surface area contributed by atoms with Crippen LogP contribution in [0.4, 0.5) is 0 Å². The van der Waals surface area contributed by atoms with Crippen molar-refractivity contribution in [3.05, 3.63) is 59.2 Å². The van der Waals surface area contributed by atoms with E-state index in [9.17, 15) is 13.2 Å². The fourth-order valence-corrected chi connectivity index (χ4v) is 4.87. The fraction of sp³-hybridized carbons (Fsp3) is 0.350. The van der Waals surface area contributed by atoms with E-state index >= 15 is 0 Å². The summed E-state index contributed by atoms with van der Waals surface area (Å²) in [5, 5.41) is 2.85. The summed E-state index contributed by atoms with van der Waals surface area (Å²) in [7, 11) is -2.26. The van der Waals surface area contributed by atoms with E-state index in [1.165, 1.54) is 23.5 Å². The topological polar surface area (TPSA) is 75.7 Å². The highest BCUT2D eigenvalue weighted by Gasteiger charge is 2.30. The lowest BCUT2D eigenvalue weighted by Gasteiger charge is -2.18. The third-order valence-electron chi connectivity index (χ3n) is 4.81. The molecule has 0 aromatic heterocycles. The smallest absolute Gasteiger partial charge is 0.251 e. The van der Waals surface area contributed by atoms with Gasteiger partial charge in [-0.2, -0.15) is 4.31 Å². The van der Waals surface area contributed by atoms with Crippen molar-refractivity contribution >= 4 is 15.9 Å². The summed E-state index contributed by atoms with van der Waals surface area (Å²) in [5.41, 5.74) is 2.40. The minimum absolute atomic E-state index is 0.0374. The molecular weight excluding hydrogens is 364 g/mol. The van der Waals surface area contributed by atoms with E-state index < -0.39 is 10.0 Å². The van der Waals surface area contributed by atoms with Crippen LogP contribution in [-0.2, 0) is 16.6 Å². The summed E-state index contributed by atoms with van der Waals surface area (Å²) in [6, 6.07) is 12.3. The maximum absolute atomic E-state index is 12.9. The Bertz CT molecular complexity index is 935. The molecule has 2 aromatic rings. The van der Waals surface area contributed by atoms with Crippen LogP contribution in [0.3, 0.4) is 0 Å². The number of aryl methyl sites for hydroxylation is 1. The molecule has 1 saturated heterocycles. The van der Waals surface area contributed by atoms with Gasteiger partial charge in [-0.05, 0) is 49.1 Å². The molecule has 27 heavy (non-hydrogen) atoms. The number of amides is 1. The van der Waals surface area contributed by atoms with Gasteiger partial charge in [0.1, 0.15) is 10.6 Å². The molecule has 0 bridgehead atoms. The lowest BCUT2D eigenvalue weighted by Crippen LogP contribution is -2.29. The van der Waals surface area contributed by atoms with Crippen LogP contribution < -0.4 is 10.1 Å². The van der Waals surface area contributed by atoms with Gasteiger partial charge in [-0.15, -0.1) is 0 Å². The Morgan fingerprint density at radius 1 is 1.15 bits per heavy atom. The Balaban J connectivity index is 1.84. The summed E-state index contributed by atoms with van der Waals surface area (Å²) in [6.45, 7) is 3.35. The second-order valence-corrected chi connectivity index (χ2v) is 8.49. The molecule has 1 N–H and O–H groups in total. The van der Waals surface area contributed by atoms with E-state index in [-0.39, 0.29) is 16.6 Å². The average molecular weight is 388 g/mol. The van der Waals surface area contributed by atoms with E-state index in [2.05, 4.69) is 5.32 Å². The minimum Gasteiger partial charge on any atom is -0.495 e. The van der Waals surface area contributed by atoms with Crippen molar-refractivity contribution in [1.82, 2.24) is 9.62 Å². The molecule has 0 saturated carbocycles. The summed E-state index contributed by atoms with van der Waals surface area (Å²) in [4.78, 5) is 12.6. The van der Waals surface area contributed by atoms with Gasteiger partial charge in [-0.1, -0.05) is 24.3 Å². The molecule has 144 valence electrons. The fourth-order valence-electron chi connectivity index (χ4n) is 3.17. The standard InChI is InChI=1S/C20H24N2O4S/c1-15-7-3-4-8-17(15)14-21-20(23)16-9-10-18(26-2)19(13-16)27(24,25)22-11-5-6-12-22/h3-4,7-10,13H,5-6,11-12,14H2,1-2H3,(H,21,23).